The van der Waals surface area contributed by atoms with Crippen molar-refractivity contribution >= 4 is 40.6 Å². The molecule has 11 heteroatoms. The molecule has 2 aromatic carbocycles. The maximum absolute atomic E-state index is 14.3. The van der Waals surface area contributed by atoms with Crippen LogP contribution in [0.3, 0.4) is 0 Å². The molecule has 4 rings (SSSR count). The number of H-pyrrole nitrogens is 1. The van der Waals surface area contributed by atoms with Crippen LogP contribution in [-0.4, -0.2) is 49.3 Å². The summed E-state index contributed by atoms with van der Waals surface area (Å²) in [7, 11) is 1.56. The van der Waals surface area contributed by atoms with E-state index in [-0.39, 0.29) is 57.7 Å². The van der Waals surface area contributed by atoms with E-state index in [4.69, 9.17) is 0 Å². The van der Waals surface area contributed by atoms with Crippen LogP contribution >= 0.6 is 0 Å². The maximum Gasteiger partial charge on any atom is 0.418 e. The molecule has 0 spiro atoms. The predicted octanol–water partition coefficient (Wildman–Crippen LogP) is 5.72. The number of halogens is 5. The van der Waals surface area contributed by atoms with E-state index < -0.39 is 39.9 Å². The molecule has 0 atom stereocenters. The number of benzene rings is 2. The van der Waals surface area contributed by atoms with Crippen LogP contribution in [0.25, 0.3) is 33.7 Å². The summed E-state index contributed by atoms with van der Waals surface area (Å²) in [4.78, 5) is 6.90. The molecule has 0 aliphatic rings. The normalized spacial score (nSPS) is 12.0. The van der Waals surface area contributed by atoms with Gasteiger partial charge >= 0.3 is 6.18 Å². The molecule has 0 aliphatic heterocycles. The zero-order valence-electron chi connectivity index (χ0n) is 19.1. The number of nitrogens with one attached hydrogen (secondary N) is 1. The third-order valence-electron chi connectivity index (χ3n) is 5.24. The molecule has 1 N–H and O–H groups in total. The van der Waals surface area contributed by atoms with Crippen LogP contribution in [-0.2, 0) is 18.6 Å². The van der Waals surface area contributed by atoms with Gasteiger partial charge in [-0.3, -0.25) is 4.68 Å². The number of rotatable bonds is 2. The summed E-state index contributed by atoms with van der Waals surface area (Å²) in [5, 5.41) is 14.1. The van der Waals surface area contributed by atoms with Gasteiger partial charge in [0.15, 0.2) is 5.82 Å². The Bertz CT molecular complexity index is 1420. The Balaban J connectivity index is 0.00000324. The molecule has 0 aliphatic carbocycles. The second-order valence-electron chi connectivity index (χ2n) is 8.66. The summed E-state index contributed by atoms with van der Waals surface area (Å²) in [6.07, 6.45) is -4.84. The topological polar surface area (TPSA) is 70.3 Å². The molecule has 0 saturated heterocycles. The fraction of sp³-hybridized carbons (Fsp3) is 0.261. The molecular formula is C23H18F5N5Na. The van der Waals surface area contributed by atoms with E-state index in [2.05, 4.69) is 21.1 Å². The van der Waals surface area contributed by atoms with Gasteiger partial charge in [0, 0.05) is 42.0 Å². The first-order valence-electron chi connectivity index (χ1n) is 9.86. The van der Waals surface area contributed by atoms with Crippen LogP contribution in [0.2, 0.25) is 0 Å². The van der Waals surface area contributed by atoms with E-state index in [1.54, 1.807) is 7.05 Å². The van der Waals surface area contributed by atoms with Crippen molar-refractivity contribution in [2.45, 2.75) is 32.4 Å². The molecule has 0 unspecified atom stereocenters. The van der Waals surface area contributed by atoms with Gasteiger partial charge in [0.05, 0.1) is 22.3 Å². The van der Waals surface area contributed by atoms with Crippen LogP contribution in [0.5, 0.6) is 0 Å². The second kappa shape index (κ2) is 8.80. The Morgan fingerprint density at radius 1 is 1.06 bits per heavy atom. The van der Waals surface area contributed by atoms with Gasteiger partial charge in [0.25, 0.3) is 0 Å². The van der Waals surface area contributed by atoms with Gasteiger partial charge in [-0.1, -0.05) is 26.8 Å². The number of nitrogens with zero attached hydrogens (tertiary/aromatic N) is 4. The summed E-state index contributed by atoms with van der Waals surface area (Å²) in [6.45, 7) is 5.57. The summed E-state index contributed by atoms with van der Waals surface area (Å²) in [5.74, 6) is -1.99. The minimum atomic E-state index is -4.84. The van der Waals surface area contributed by atoms with Crippen molar-refractivity contribution in [2.24, 2.45) is 7.05 Å². The Hall–Kier alpha value is -2.74. The molecular weight excluding hydrogens is 464 g/mol. The average molecular weight is 482 g/mol. The van der Waals surface area contributed by atoms with Gasteiger partial charge < -0.3 is 4.98 Å². The molecule has 0 fully saturated rings. The van der Waals surface area contributed by atoms with E-state index in [0.29, 0.717) is 11.8 Å². The second-order valence-corrected chi connectivity index (χ2v) is 8.66. The van der Waals surface area contributed by atoms with E-state index in [1.165, 1.54) is 10.7 Å². The summed E-state index contributed by atoms with van der Waals surface area (Å²) < 4.78 is 71.7. The smallest absolute Gasteiger partial charge is 0.337 e. The van der Waals surface area contributed by atoms with Crippen LogP contribution in [0.15, 0.2) is 30.3 Å². The van der Waals surface area contributed by atoms with Gasteiger partial charge in [-0.15, -0.1) is 0 Å². The van der Waals surface area contributed by atoms with Gasteiger partial charge in [0.1, 0.15) is 34.5 Å². The number of aromatic nitrogens is 4. The SMILES string of the molecule is Cn1nc(C(C)(C)C)c(C#N)c1-c1nc2c(C(F)(F)F)cc(-c3c(F)cccc3F)cc2[nH]1.[Na]. The van der Waals surface area contributed by atoms with Gasteiger partial charge in [-0.2, -0.15) is 23.5 Å². The molecule has 171 valence electrons. The fourth-order valence-corrected chi connectivity index (χ4v) is 3.79. The fourth-order valence-electron chi connectivity index (χ4n) is 3.79. The molecule has 2 heterocycles. The Labute approximate surface area is 213 Å². The predicted molar refractivity (Wildman–Crippen MR) is 118 cm³/mol. The third-order valence-corrected chi connectivity index (χ3v) is 5.24. The van der Waals surface area contributed by atoms with E-state index in [9.17, 15) is 27.2 Å². The summed E-state index contributed by atoms with van der Waals surface area (Å²) >= 11 is 0. The molecule has 0 saturated carbocycles. The standard InChI is InChI=1S/C23H18F5N5.Na/c1-22(2,3)20-12(10-29)19(33(4)32-20)21-30-16-9-11(17-14(24)6-5-7-15(17)25)8-13(18(16)31-21)23(26,27)28;/h5-9H,1-4H3,(H,30,31);. The molecule has 0 amide bonds. The first-order valence-corrected chi connectivity index (χ1v) is 9.86. The summed E-state index contributed by atoms with van der Waals surface area (Å²) in [5.41, 5.74) is -2.18. The Kier molecular flexibility index (Phi) is 6.70. The largest absolute Gasteiger partial charge is 0.418 e. The first kappa shape index (κ1) is 25.9. The van der Waals surface area contributed by atoms with Crippen LogP contribution in [0.4, 0.5) is 22.0 Å². The van der Waals surface area contributed by atoms with Gasteiger partial charge in [0.2, 0.25) is 0 Å². The molecule has 1 radical (unpaired) electrons. The van der Waals surface area contributed by atoms with E-state index in [0.717, 1.165) is 18.2 Å². The number of aromatic amines is 1. The first-order chi connectivity index (χ1) is 15.3. The molecule has 34 heavy (non-hydrogen) atoms. The molecule has 0 bridgehead atoms. The number of alkyl halides is 3. The molecule has 2 aromatic heterocycles. The van der Waals surface area contributed by atoms with Gasteiger partial charge in [-0.05, 0) is 29.8 Å². The minimum Gasteiger partial charge on any atom is -0.337 e. The average Bonchev–Trinajstić information content (AvgIpc) is 3.26. The summed E-state index contributed by atoms with van der Waals surface area (Å²) in [6, 6.07) is 7.01. The number of fused-ring (bicyclic) bond motifs is 1. The number of imidazole rings is 1. The third kappa shape index (κ3) is 4.35. The zero-order valence-corrected chi connectivity index (χ0v) is 21.1. The van der Waals surface area contributed by atoms with Crippen molar-refractivity contribution in [1.82, 2.24) is 19.7 Å². The number of hydrogen-bond donors (Lipinski definition) is 1. The number of nitriles is 1. The van der Waals surface area contributed by atoms with Crippen LogP contribution < -0.4 is 0 Å². The zero-order chi connectivity index (χ0) is 24.3. The van der Waals surface area contributed by atoms with Crippen LogP contribution in [0, 0.1) is 23.0 Å². The molecule has 5 nitrogen and oxygen atoms in total. The Morgan fingerprint density at radius 2 is 1.68 bits per heavy atom. The van der Waals surface area contributed by atoms with Crippen molar-refractivity contribution in [1.29, 1.82) is 5.26 Å². The van der Waals surface area contributed by atoms with Gasteiger partial charge in [-0.25, -0.2) is 13.8 Å². The van der Waals surface area contributed by atoms with E-state index >= 15 is 0 Å². The van der Waals surface area contributed by atoms with E-state index in [1.807, 2.05) is 20.8 Å². The van der Waals surface area contributed by atoms with Crippen molar-refractivity contribution in [3.63, 3.8) is 0 Å². The monoisotopic (exact) mass is 482 g/mol. The van der Waals surface area contributed by atoms with Crippen molar-refractivity contribution in [3.05, 3.63) is 58.8 Å². The van der Waals surface area contributed by atoms with Crippen LogP contribution in [0.1, 0.15) is 37.6 Å². The number of hydrogen-bond acceptors (Lipinski definition) is 3. The minimum absolute atomic E-state index is 0. The van der Waals surface area contributed by atoms with Crippen molar-refractivity contribution in [2.75, 3.05) is 0 Å². The van der Waals surface area contributed by atoms with Crippen molar-refractivity contribution in [3.8, 4) is 28.7 Å². The quantitative estimate of drug-likeness (QED) is 0.294. The van der Waals surface area contributed by atoms with Crippen molar-refractivity contribution < 1.29 is 22.0 Å². The Morgan fingerprint density at radius 3 is 2.21 bits per heavy atom. The maximum atomic E-state index is 14.3. The molecule has 4 aromatic rings. The number of aryl methyl sites for hydroxylation is 1.